The number of ether oxygens (including phenoxy) is 1. The van der Waals surface area contributed by atoms with Gasteiger partial charge < -0.3 is 10.1 Å². The molecule has 0 radical (unpaired) electrons. The molecule has 1 fully saturated rings. The van der Waals surface area contributed by atoms with Gasteiger partial charge in [-0.05, 0) is 50.6 Å². The van der Waals surface area contributed by atoms with E-state index in [4.69, 9.17) is 4.74 Å². The van der Waals surface area contributed by atoms with E-state index >= 15 is 0 Å². The smallest absolute Gasteiger partial charge is 0.341 e. The van der Waals surface area contributed by atoms with E-state index in [-0.39, 0.29) is 30.0 Å². The molecule has 1 aliphatic carbocycles. The van der Waals surface area contributed by atoms with Crippen LogP contribution in [0.15, 0.2) is 0 Å². The summed E-state index contributed by atoms with van der Waals surface area (Å²) in [5, 5.41) is 3.46. The van der Waals surface area contributed by atoms with Gasteiger partial charge in [-0.3, -0.25) is 9.69 Å². The Morgan fingerprint density at radius 3 is 2.68 bits per heavy atom. The molecule has 0 aromatic carbocycles. The van der Waals surface area contributed by atoms with Crippen LogP contribution in [0.5, 0.6) is 0 Å². The molecule has 1 aliphatic heterocycles. The number of esters is 1. The van der Waals surface area contributed by atoms with Gasteiger partial charge in [-0.1, -0.05) is 6.92 Å². The zero-order chi connectivity index (χ0) is 20.3. The number of hydrogen-bond donors (Lipinski definition) is 1. The van der Waals surface area contributed by atoms with E-state index in [2.05, 4.69) is 5.32 Å². The highest BCUT2D eigenvalue weighted by Crippen LogP contribution is 2.38. The first-order chi connectivity index (χ1) is 13.3. The minimum Gasteiger partial charge on any atom is -0.465 e. The zero-order valence-corrected chi connectivity index (χ0v) is 18.1. The Kier molecular flexibility index (Phi) is 6.77. The van der Waals surface area contributed by atoms with Gasteiger partial charge in [0.1, 0.15) is 5.00 Å². The van der Waals surface area contributed by atoms with Crippen LogP contribution < -0.4 is 5.32 Å². The van der Waals surface area contributed by atoms with Crippen LogP contribution in [0.3, 0.4) is 0 Å². The molecule has 1 atom stereocenters. The first kappa shape index (κ1) is 21.3. The van der Waals surface area contributed by atoms with E-state index in [1.165, 1.54) is 18.4 Å². The number of rotatable bonds is 7. The first-order valence-corrected chi connectivity index (χ1v) is 12.5. The Morgan fingerprint density at radius 1 is 1.29 bits per heavy atom. The van der Waals surface area contributed by atoms with E-state index in [0.29, 0.717) is 23.5 Å². The molecule has 1 N–H and O–H groups in total. The van der Waals surface area contributed by atoms with Crippen molar-refractivity contribution in [2.75, 3.05) is 37.0 Å². The third-order valence-corrected chi connectivity index (χ3v) is 8.35. The summed E-state index contributed by atoms with van der Waals surface area (Å²) >= 11 is 1.46. The first-order valence-electron chi connectivity index (χ1n) is 9.81. The lowest BCUT2D eigenvalue weighted by Gasteiger charge is -2.26. The number of sulfone groups is 1. The highest BCUT2D eigenvalue weighted by Gasteiger charge is 2.33. The minimum absolute atomic E-state index is 0.112. The number of carbonyl (C=O) groups is 2. The van der Waals surface area contributed by atoms with Crippen molar-refractivity contribution in [2.45, 2.75) is 51.5 Å². The maximum atomic E-state index is 12.7. The molecule has 156 valence electrons. The normalized spacial score (nSPS) is 20.8. The van der Waals surface area contributed by atoms with Crippen LogP contribution in [0.25, 0.3) is 0 Å². The summed E-state index contributed by atoms with van der Waals surface area (Å²) in [4.78, 5) is 28.2. The van der Waals surface area contributed by atoms with Gasteiger partial charge in [0.05, 0.1) is 30.7 Å². The van der Waals surface area contributed by atoms with Crippen LogP contribution in [0.1, 0.15) is 53.4 Å². The Bertz CT molecular complexity index is 847. The summed E-state index contributed by atoms with van der Waals surface area (Å²) in [6.45, 7) is 2.80. The lowest BCUT2D eigenvalue weighted by molar-refractivity contribution is -0.117. The predicted molar refractivity (Wildman–Crippen MR) is 110 cm³/mol. The number of nitrogens with one attached hydrogen (secondary N) is 1. The number of aryl methyl sites for hydroxylation is 1. The molecule has 9 heteroatoms. The summed E-state index contributed by atoms with van der Waals surface area (Å²) in [5.74, 6) is -0.339. The Labute approximate surface area is 170 Å². The fraction of sp³-hybridized carbons (Fsp3) is 0.684. The molecule has 0 saturated carbocycles. The monoisotopic (exact) mass is 428 g/mol. The van der Waals surface area contributed by atoms with Crippen LogP contribution in [0.4, 0.5) is 5.00 Å². The van der Waals surface area contributed by atoms with Gasteiger partial charge >= 0.3 is 5.97 Å². The fourth-order valence-corrected chi connectivity index (χ4v) is 7.12. The minimum atomic E-state index is -3.01. The number of carbonyl (C=O) groups excluding carboxylic acids is 2. The van der Waals surface area contributed by atoms with E-state index in [1.807, 2.05) is 11.8 Å². The van der Waals surface area contributed by atoms with Gasteiger partial charge in [-0.2, -0.15) is 0 Å². The molecule has 1 amide bonds. The maximum absolute atomic E-state index is 12.7. The number of thiophene rings is 1. The number of hydrogen-bond acceptors (Lipinski definition) is 7. The van der Waals surface area contributed by atoms with Crippen LogP contribution in [-0.2, 0) is 32.2 Å². The van der Waals surface area contributed by atoms with Gasteiger partial charge in [0.25, 0.3) is 0 Å². The summed E-state index contributed by atoms with van der Waals surface area (Å²) < 4.78 is 28.6. The molecular formula is C19H28N2O5S2. The Morgan fingerprint density at radius 2 is 2.04 bits per heavy atom. The third kappa shape index (κ3) is 4.75. The van der Waals surface area contributed by atoms with Crippen molar-refractivity contribution in [2.24, 2.45) is 0 Å². The second-order valence-electron chi connectivity index (χ2n) is 7.48. The lowest BCUT2D eigenvalue weighted by atomic mass is 9.95. The largest absolute Gasteiger partial charge is 0.465 e. The predicted octanol–water partition coefficient (Wildman–Crippen LogP) is 2.25. The van der Waals surface area contributed by atoms with Crippen molar-refractivity contribution in [1.29, 1.82) is 0 Å². The Hall–Kier alpha value is -1.45. The molecule has 1 aromatic heterocycles. The molecule has 28 heavy (non-hydrogen) atoms. The van der Waals surface area contributed by atoms with Crippen molar-refractivity contribution in [3.63, 3.8) is 0 Å². The fourth-order valence-electron chi connectivity index (χ4n) is 4.06. The Balaban J connectivity index is 1.75. The molecule has 3 rings (SSSR count). The zero-order valence-electron chi connectivity index (χ0n) is 16.5. The molecule has 0 bridgehead atoms. The molecular weight excluding hydrogens is 400 g/mol. The van der Waals surface area contributed by atoms with Crippen molar-refractivity contribution >= 4 is 38.1 Å². The lowest BCUT2D eigenvalue weighted by Crippen LogP contribution is -2.42. The standard InChI is InChI=1S/C19H28N2O5S2/c1-3-9-21(13-8-10-28(24,25)12-13)11-16(22)20-18-17(19(23)26-2)14-6-4-5-7-15(14)27-18/h13H,3-12H2,1-2H3,(H,20,22). The van der Waals surface area contributed by atoms with Crippen LogP contribution in [0, 0.1) is 0 Å². The van der Waals surface area contributed by atoms with E-state index in [9.17, 15) is 18.0 Å². The highest BCUT2D eigenvalue weighted by atomic mass is 32.2. The summed E-state index contributed by atoms with van der Waals surface area (Å²) in [6.07, 6.45) is 5.26. The topological polar surface area (TPSA) is 92.8 Å². The average molecular weight is 429 g/mol. The molecule has 7 nitrogen and oxygen atoms in total. The summed E-state index contributed by atoms with van der Waals surface area (Å²) in [6, 6.07) is -0.118. The van der Waals surface area contributed by atoms with Gasteiger partial charge in [0, 0.05) is 10.9 Å². The highest BCUT2D eigenvalue weighted by molar-refractivity contribution is 7.91. The van der Waals surface area contributed by atoms with Gasteiger partial charge in [0.2, 0.25) is 5.91 Å². The maximum Gasteiger partial charge on any atom is 0.341 e. The molecule has 1 saturated heterocycles. The van der Waals surface area contributed by atoms with E-state index < -0.39 is 15.8 Å². The number of methoxy groups -OCH3 is 1. The second kappa shape index (κ2) is 8.92. The van der Waals surface area contributed by atoms with E-state index in [1.54, 1.807) is 0 Å². The number of amides is 1. The van der Waals surface area contributed by atoms with Crippen molar-refractivity contribution in [3.05, 3.63) is 16.0 Å². The number of anilines is 1. The third-order valence-electron chi connectivity index (χ3n) is 5.40. The molecule has 2 aliphatic rings. The molecule has 1 aromatic rings. The summed E-state index contributed by atoms with van der Waals surface area (Å²) in [5.41, 5.74) is 1.49. The van der Waals surface area contributed by atoms with Gasteiger partial charge in [0.15, 0.2) is 9.84 Å². The quantitative estimate of drug-likeness (QED) is 0.670. The van der Waals surface area contributed by atoms with Crippen LogP contribution >= 0.6 is 11.3 Å². The van der Waals surface area contributed by atoms with Crippen molar-refractivity contribution < 1.29 is 22.7 Å². The molecule has 1 unspecified atom stereocenters. The summed E-state index contributed by atoms with van der Waals surface area (Å²) in [7, 11) is -1.66. The SMILES string of the molecule is CCCN(CC(=O)Nc1sc2c(c1C(=O)OC)CCCC2)C1CCS(=O)(=O)C1. The van der Waals surface area contributed by atoms with Gasteiger partial charge in [-0.15, -0.1) is 11.3 Å². The van der Waals surface area contributed by atoms with Crippen LogP contribution in [0.2, 0.25) is 0 Å². The van der Waals surface area contributed by atoms with E-state index in [0.717, 1.165) is 42.5 Å². The van der Waals surface area contributed by atoms with Crippen molar-refractivity contribution in [1.82, 2.24) is 4.90 Å². The number of nitrogens with zero attached hydrogens (tertiary/aromatic N) is 1. The number of fused-ring (bicyclic) bond motifs is 1. The van der Waals surface area contributed by atoms with Crippen LogP contribution in [-0.4, -0.2) is 62.9 Å². The molecule has 0 spiro atoms. The second-order valence-corrected chi connectivity index (χ2v) is 10.8. The van der Waals surface area contributed by atoms with Gasteiger partial charge in [-0.25, -0.2) is 13.2 Å². The molecule has 2 heterocycles. The average Bonchev–Trinajstić information content (AvgIpc) is 3.20. The van der Waals surface area contributed by atoms with Crippen molar-refractivity contribution in [3.8, 4) is 0 Å².